The van der Waals surface area contributed by atoms with Crippen molar-refractivity contribution in [3.63, 3.8) is 0 Å². The van der Waals surface area contributed by atoms with Crippen LogP contribution in [0.1, 0.15) is 26.4 Å². The SMILES string of the molecule is Cc1ccc(F)cc1C(=O)NNC(=O)c1cc(Br)cn1C. The predicted octanol–water partition coefficient (Wildman–Crippen LogP) is 2.31. The van der Waals surface area contributed by atoms with Gasteiger partial charge in [-0.25, -0.2) is 4.39 Å². The highest BCUT2D eigenvalue weighted by Crippen LogP contribution is 2.13. The summed E-state index contributed by atoms with van der Waals surface area (Å²) in [5.74, 6) is -1.55. The van der Waals surface area contributed by atoms with Crippen LogP contribution in [0.4, 0.5) is 4.39 Å². The fourth-order valence-corrected chi connectivity index (χ4v) is 2.36. The van der Waals surface area contributed by atoms with Crippen molar-refractivity contribution < 1.29 is 14.0 Å². The van der Waals surface area contributed by atoms with Crippen LogP contribution in [0.5, 0.6) is 0 Å². The van der Waals surface area contributed by atoms with Crippen LogP contribution in [0, 0.1) is 12.7 Å². The molecule has 0 fully saturated rings. The van der Waals surface area contributed by atoms with E-state index in [-0.39, 0.29) is 5.56 Å². The van der Waals surface area contributed by atoms with E-state index < -0.39 is 17.6 Å². The van der Waals surface area contributed by atoms with Gasteiger partial charge in [-0.1, -0.05) is 6.07 Å². The summed E-state index contributed by atoms with van der Waals surface area (Å²) >= 11 is 3.26. The quantitative estimate of drug-likeness (QED) is 0.813. The Morgan fingerprint density at radius 1 is 1.19 bits per heavy atom. The summed E-state index contributed by atoms with van der Waals surface area (Å²) in [6, 6.07) is 5.51. The number of benzene rings is 1. The third kappa shape index (κ3) is 3.49. The maximum Gasteiger partial charge on any atom is 0.286 e. The average molecular weight is 354 g/mol. The molecule has 2 amide bonds. The molecule has 1 heterocycles. The Kier molecular flexibility index (Phi) is 4.42. The minimum Gasteiger partial charge on any atom is -0.345 e. The second-order valence-corrected chi connectivity index (χ2v) is 5.44. The largest absolute Gasteiger partial charge is 0.345 e. The van der Waals surface area contributed by atoms with Gasteiger partial charge in [0.05, 0.1) is 0 Å². The van der Waals surface area contributed by atoms with Gasteiger partial charge in [0.2, 0.25) is 0 Å². The van der Waals surface area contributed by atoms with Gasteiger partial charge in [-0.3, -0.25) is 20.4 Å². The van der Waals surface area contributed by atoms with Crippen LogP contribution in [0.2, 0.25) is 0 Å². The molecule has 0 aliphatic heterocycles. The molecule has 0 spiro atoms. The van der Waals surface area contributed by atoms with Crippen LogP contribution in [-0.2, 0) is 7.05 Å². The monoisotopic (exact) mass is 353 g/mol. The first-order valence-corrected chi connectivity index (χ1v) is 6.86. The van der Waals surface area contributed by atoms with Gasteiger partial charge in [0, 0.05) is 23.3 Å². The van der Waals surface area contributed by atoms with Crippen molar-refractivity contribution in [3.8, 4) is 0 Å². The second-order valence-electron chi connectivity index (χ2n) is 4.52. The van der Waals surface area contributed by atoms with E-state index in [1.54, 1.807) is 30.8 Å². The number of nitrogens with zero attached hydrogens (tertiary/aromatic N) is 1. The zero-order valence-electron chi connectivity index (χ0n) is 11.4. The van der Waals surface area contributed by atoms with E-state index in [0.29, 0.717) is 11.3 Å². The molecule has 21 heavy (non-hydrogen) atoms. The fourth-order valence-electron chi connectivity index (χ4n) is 1.83. The van der Waals surface area contributed by atoms with E-state index in [1.165, 1.54) is 12.1 Å². The number of nitrogens with one attached hydrogen (secondary N) is 2. The molecule has 0 saturated heterocycles. The van der Waals surface area contributed by atoms with Crippen LogP contribution >= 0.6 is 15.9 Å². The van der Waals surface area contributed by atoms with Crippen LogP contribution in [-0.4, -0.2) is 16.4 Å². The normalized spacial score (nSPS) is 10.3. The van der Waals surface area contributed by atoms with Crippen molar-refractivity contribution in [1.29, 1.82) is 0 Å². The van der Waals surface area contributed by atoms with Gasteiger partial charge in [-0.05, 0) is 46.6 Å². The van der Waals surface area contributed by atoms with E-state index >= 15 is 0 Å². The maximum atomic E-state index is 13.2. The zero-order chi connectivity index (χ0) is 15.6. The van der Waals surface area contributed by atoms with Crippen LogP contribution < -0.4 is 10.9 Å². The van der Waals surface area contributed by atoms with E-state index in [1.807, 2.05) is 0 Å². The molecule has 1 aromatic carbocycles. The maximum absolute atomic E-state index is 13.2. The smallest absolute Gasteiger partial charge is 0.286 e. The van der Waals surface area contributed by atoms with E-state index in [0.717, 1.165) is 10.5 Å². The Morgan fingerprint density at radius 3 is 2.48 bits per heavy atom. The molecule has 0 atom stereocenters. The highest BCUT2D eigenvalue weighted by Gasteiger charge is 2.14. The number of rotatable bonds is 2. The van der Waals surface area contributed by atoms with E-state index in [9.17, 15) is 14.0 Å². The van der Waals surface area contributed by atoms with Gasteiger partial charge in [0.1, 0.15) is 11.5 Å². The first kappa shape index (κ1) is 15.2. The summed E-state index contributed by atoms with van der Waals surface area (Å²) in [5, 5.41) is 0. The lowest BCUT2D eigenvalue weighted by Crippen LogP contribution is -2.42. The summed E-state index contributed by atoms with van der Waals surface area (Å²) in [5.41, 5.74) is 5.72. The Bertz CT molecular complexity index is 712. The lowest BCUT2D eigenvalue weighted by molar-refractivity contribution is 0.0841. The molecule has 110 valence electrons. The topological polar surface area (TPSA) is 63.1 Å². The number of aryl methyl sites for hydroxylation is 2. The molecule has 7 heteroatoms. The van der Waals surface area contributed by atoms with E-state index in [2.05, 4.69) is 26.8 Å². The molecule has 2 aromatic rings. The van der Waals surface area contributed by atoms with Gasteiger partial charge in [-0.2, -0.15) is 0 Å². The molecule has 0 saturated carbocycles. The predicted molar refractivity (Wildman–Crippen MR) is 79.2 cm³/mol. The summed E-state index contributed by atoms with van der Waals surface area (Å²) in [6.45, 7) is 1.69. The lowest BCUT2D eigenvalue weighted by Gasteiger charge is -2.09. The standard InChI is InChI=1S/C14H13BrFN3O2/c1-8-3-4-10(16)6-11(8)13(20)17-18-14(21)12-5-9(15)7-19(12)2/h3-7H,1-2H3,(H,17,20)(H,18,21). The molecule has 0 bridgehead atoms. The molecule has 0 aliphatic rings. The third-order valence-electron chi connectivity index (χ3n) is 2.94. The molecule has 0 aliphatic carbocycles. The Labute approximate surface area is 129 Å². The number of hydrazine groups is 1. The number of hydrogen-bond donors (Lipinski definition) is 2. The van der Waals surface area contributed by atoms with Gasteiger partial charge >= 0.3 is 0 Å². The van der Waals surface area contributed by atoms with Gasteiger partial charge in [0.25, 0.3) is 11.8 Å². The number of amides is 2. The number of carbonyl (C=O) groups is 2. The van der Waals surface area contributed by atoms with Crippen molar-refractivity contribution in [2.75, 3.05) is 0 Å². The van der Waals surface area contributed by atoms with Crippen molar-refractivity contribution in [1.82, 2.24) is 15.4 Å². The van der Waals surface area contributed by atoms with Gasteiger partial charge < -0.3 is 4.57 Å². The van der Waals surface area contributed by atoms with Crippen LogP contribution in [0.3, 0.4) is 0 Å². The summed E-state index contributed by atoms with van der Waals surface area (Å²) < 4.78 is 15.5. The molecular formula is C14H13BrFN3O2. The first-order valence-electron chi connectivity index (χ1n) is 6.07. The fraction of sp³-hybridized carbons (Fsp3) is 0.143. The summed E-state index contributed by atoms with van der Waals surface area (Å²) in [4.78, 5) is 23.9. The molecule has 1 aromatic heterocycles. The molecule has 2 rings (SSSR count). The summed E-state index contributed by atoms with van der Waals surface area (Å²) in [6.07, 6.45) is 1.72. The third-order valence-corrected chi connectivity index (χ3v) is 3.37. The first-order chi connectivity index (χ1) is 9.88. The van der Waals surface area contributed by atoms with Gasteiger partial charge in [-0.15, -0.1) is 0 Å². The van der Waals surface area contributed by atoms with Gasteiger partial charge in [0.15, 0.2) is 0 Å². The van der Waals surface area contributed by atoms with Crippen LogP contribution in [0.15, 0.2) is 34.9 Å². The Hall–Kier alpha value is -2.15. The molecule has 5 nitrogen and oxygen atoms in total. The number of carbonyl (C=O) groups excluding carboxylic acids is 2. The minimum atomic E-state index is -0.575. The van der Waals surface area contributed by atoms with Crippen molar-refractivity contribution >= 4 is 27.7 Å². The molecule has 0 radical (unpaired) electrons. The molecule has 0 unspecified atom stereocenters. The van der Waals surface area contributed by atoms with Crippen LogP contribution in [0.25, 0.3) is 0 Å². The Balaban J connectivity index is 2.06. The Morgan fingerprint density at radius 2 is 1.86 bits per heavy atom. The number of aromatic nitrogens is 1. The molecular weight excluding hydrogens is 341 g/mol. The lowest BCUT2D eigenvalue weighted by atomic mass is 10.1. The average Bonchev–Trinajstić information content (AvgIpc) is 2.77. The highest BCUT2D eigenvalue weighted by molar-refractivity contribution is 9.10. The number of halogens is 2. The summed E-state index contributed by atoms with van der Waals surface area (Å²) in [7, 11) is 1.71. The van der Waals surface area contributed by atoms with Crippen molar-refractivity contribution in [3.05, 3.63) is 57.6 Å². The second kappa shape index (κ2) is 6.09. The highest BCUT2D eigenvalue weighted by atomic mass is 79.9. The van der Waals surface area contributed by atoms with Crippen molar-refractivity contribution in [2.24, 2.45) is 7.05 Å². The van der Waals surface area contributed by atoms with E-state index in [4.69, 9.17) is 0 Å². The number of hydrogen-bond acceptors (Lipinski definition) is 2. The zero-order valence-corrected chi connectivity index (χ0v) is 13.0. The van der Waals surface area contributed by atoms with Crippen molar-refractivity contribution in [2.45, 2.75) is 6.92 Å². The molecule has 2 N–H and O–H groups in total. The minimum absolute atomic E-state index is 0.170.